The number of nitrogens with one attached hydrogen (secondary N) is 1. The molecule has 1 heterocycles. The van der Waals surface area contributed by atoms with Crippen LogP contribution in [0.1, 0.15) is 19.3 Å². The Labute approximate surface area is 97.7 Å². The quantitative estimate of drug-likeness (QED) is 0.754. The third-order valence-corrected chi connectivity index (χ3v) is 2.83. The van der Waals surface area contributed by atoms with Gasteiger partial charge in [-0.25, -0.2) is 4.79 Å². The van der Waals surface area contributed by atoms with Crippen molar-refractivity contribution in [3.05, 3.63) is 0 Å². The summed E-state index contributed by atoms with van der Waals surface area (Å²) in [6.45, 7) is 3.99. The van der Waals surface area contributed by atoms with E-state index in [9.17, 15) is 4.79 Å². The summed E-state index contributed by atoms with van der Waals surface area (Å²) in [4.78, 5) is 15.3. The van der Waals surface area contributed by atoms with Crippen molar-refractivity contribution < 1.29 is 9.53 Å². The van der Waals surface area contributed by atoms with Gasteiger partial charge in [-0.2, -0.15) is 0 Å². The van der Waals surface area contributed by atoms with Gasteiger partial charge in [0.05, 0.1) is 0 Å². The normalized spacial score (nSPS) is 17.1. The third kappa shape index (κ3) is 4.81. The first-order chi connectivity index (χ1) is 7.74. The smallest absolute Gasteiger partial charge is 0.410 e. The van der Waals surface area contributed by atoms with Crippen LogP contribution in [0.2, 0.25) is 0 Å². The number of hydrogen-bond donors (Lipinski definition) is 1. The van der Waals surface area contributed by atoms with Gasteiger partial charge in [-0.1, -0.05) is 6.42 Å². The number of ether oxygens (including phenoxy) is 1. The van der Waals surface area contributed by atoms with E-state index in [1.807, 2.05) is 7.05 Å². The number of likely N-dealkylation sites (N-methyl/N-ethyl adjacent to an activating group) is 2. The second-order valence-corrected chi connectivity index (χ2v) is 4.24. The minimum atomic E-state index is -0.235. The summed E-state index contributed by atoms with van der Waals surface area (Å²) in [6, 6.07) is 0. The minimum Gasteiger partial charge on any atom is -0.433 e. The molecule has 0 aromatic carbocycles. The number of piperidine rings is 1. The third-order valence-electron chi connectivity index (χ3n) is 2.83. The Hall–Kier alpha value is -0.810. The van der Waals surface area contributed by atoms with Gasteiger partial charge in [-0.05, 0) is 19.9 Å². The molecule has 0 aromatic heterocycles. The van der Waals surface area contributed by atoms with Gasteiger partial charge in [0.1, 0.15) is 6.73 Å². The van der Waals surface area contributed by atoms with E-state index < -0.39 is 0 Å². The van der Waals surface area contributed by atoms with E-state index in [1.165, 1.54) is 19.3 Å². The lowest BCUT2D eigenvalue weighted by Crippen LogP contribution is -2.38. The first-order valence-electron chi connectivity index (χ1n) is 5.99. The summed E-state index contributed by atoms with van der Waals surface area (Å²) < 4.78 is 5.23. The Morgan fingerprint density at radius 3 is 2.69 bits per heavy atom. The molecule has 5 nitrogen and oxygen atoms in total. The number of nitrogens with zero attached hydrogens (tertiary/aromatic N) is 2. The zero-order valence-electron chi connectivity index (χ0n) is 10.4. The fraction of sp³-hybridized carbons (Fsp3) is 0.909. The van der Waals surface area contributed by atoms with Crippen LogP contribution in [0, 0.1) is 0 Å². The van der Waals surface area contributed by atoms with E-state index in [-0.39, 0.29) is 6.09 Å². The molecule has 0 saturated carbocycles. The molecule has 1 aliphatic rings. The maximum absolute atomic E-state index is 11.5. The lowest BCUT2D eigenvalue weighted by Gasteiger charge is -2.26. The Morgan fingerprint density at radius 2 is 2.06 bits per heavy atom. The number of amides is 1. The number of rotatable bonds is 5. The van der Waals surface area contributed by atoms with Crippen molar-refractivity contribution in [2.75, 3.05) is 47.0 Å². The van der Waals surface area contributed by atoms with Crippen LogP contribution in [-0.4, -0.2) is 62.9 Å². The summed E-state index contributed by atoms with van der Waals surface area (Å²) >= 11 is 0. The van der Waals surface area contributed by atoms with Crippen LogP contribution < -0.4 is 5.32 Å². The molecule has 1 fully saturated rings. The largest absolute Gasteiger partial charge is 0.433 e. The molecule has 0 unspecified atom stereocenters. The molecular weight excluding hydrogens is 206 g/mol. The lowest BCUT2D eigenvalue weighted by molar-refractivity contribution is 0.0403. The first-order valence-corrected chi connectivity index (χ1v) is 5.99. The van der Waals surface area contributed by atoms with E-state index in [4.69, 9.17) is 4.74 Å². The van der Waals surface area contributed by atoms with Crippen molar-refractivity contribution in [3.8, 4) is 0 Å². The predicted octanol–water partition coefficient (Wildman–Crippen LogP) is 0.718. The highest BCUT2D eigenvalue weighted by Crippen LogP contribution is 2.08. The molecule has 0 atom stereocenters. The van der Waals surface area contributed by atoms with Gasteiger partial charge in [0.25, 0.3) is 0 Å². The molecular formula is C11H23N3O2. The Kier molecular flexibility index (Phi) is 6.18. The second kappa shape index (κ2) is 7.46. The molecule has 1 amide bonds. The average Bonchev–Trinajstić information content (AvgIpc) is 2.34. The molecule has 5 heteroatoms. The molecule has 0 aliphatic carbocycles. The molecule has 16 heavy (non-hydrogen) atoms. The molecule has 1 N–H and O–H groups in total. The van der Waals surface area contributed by atoms with E-state index in [0.29, 0.717) is 13.3 Å². The van der Waals surface area contributed by atoms with Crippen LogP contribution in [0.15, 0.2) is 0 Å². The van der Waals surface area contributed by atoms with Crippen molar-refractivity contribution in [3.63, 3.8) is 0 Å². The SMILES string of the molecule is CNCCN(C)C(=O)OCN1CCCCC1. The van der Waals surface area contributed by atoms with Gasteiger partial charge in [0.15, 0.2) is 0 Å². The highest BCUT2D eigenvalue weighted by atomic mass is 16.6. The standard InChI is InChI=1S/C11H23N3O2/c1-12-6-9-13(2)11(15)16-10-14-7-4-3-5-8-14/h12H,3-10H2,1-2H3. The molecule has 1 saturated heterocycles. The predicted molar refractivity (Wildman–Crippen MR) is 63.3 cm³/mol. The summed E-state index contributed by atoms with van der Waals surface area (Å²) in [6.07, 6.45) is 3.49. The van der Waals surface area contributed by atoms with Crippen LogP contribution in [0.25, 0.3) is 0 Å². The second-order valence-electron chi connectivity index (χ2n) is 4.24. The van der Waals surface area contributed by atoms with Crippen LogP contribution in [0.4, 0.5) is 4.79 Å². The highest BCUT2D eigenvalue weighted by molar-refractivity contribution is 5.67. The van der Waals surface area contributed by atoms with Gasteiger partial charge in [0.2, 0.25) is 0 Å². The van der Waals surface area contributed by atoms with Crippen molar-refractivity contribution in [2.45, 2.75) is 19.3 Å². The summed E-state index contributed by atoms with van der Waals surface area (Å²) in [7, 11) is 3.63. The van der Waals surface area contributed by atoms with Gasteiger partial charge in [-0.3, -0.25) is 4.90 Å². The van der Waals surface area contributed by atoms with Crippen molar-refractivity contribution >= 4 is 6.09 Å². The monoisotopic (exact) mass is 229 g/mol. The zero-order chi connectivity index (χ0) is 11.8. The maximum Gasteiger partial charge on any atom is 0.410 e. The molecule has 0 aromatic rings. The number of carbonyl (C=O) groups is 1. The number of likely N-dealkylation sites (tertiary alicyclic amines) is 1. The molecule has 1 rings (SSSR count). The van der Waals surface area contributed by atoms with Gasteiger partial charge < -0.3 is 15.0 Å². The average molecular weight is 229 g/mol. The molecule has 0 bridgehead atoms. The fourth-order valence-electron chi connectivity index (χ4n) is 1.72. The molecule has 0 spiro atoms. The Balaban J connectivity index is 2.12. The van der Waals surface area contributed by atoms with E-state index >= 15 is 0 Å². The molecule has 94 valence electrons. The van der Waals surface area contributed by atoms with Crippen LogP contribution in [-0.2, 0) is 4.74 Å². The van der Waals surface area contributed by atoms with Crippen molar-refractivity contribution in [1.29, 1.82) is 0 Å². The maximum atomic E-state index is 11.5. The number of carbonyl (C=O) groups excluding carboxylic acids is 1. The zero-order valence-corrected chi connectivity index (χ0v) is 10.4. The highest BCUT2D eigenvalue weighted by Gasteiger charge is 2.14. The minimum absolute atomic E-state index is 0.235. The van der Waals surface area contributed by atoms with E-state index in [0.717, 1.165) is 19.6 Å². The van der Waals surface area contributed by atoms with Crippen molar-refractivity contribution in [2.24, 2.45) is 0 Å². The van der Waals surface area contributed by atoms with Crippen LogP contribution in [0.3, 0.4) is 0 Å². The Bertz CT molecular complexity index is 205. The van der Waals surface area contributed by atoms with E-state index in [1.54, 1.807) is 11.9 Å². The first kappa shape index (κ1) is 13.3. The Morgan fingerprint density at radius 1 is 1.38 bits per heavy atom. The van der Waals surface area contributed by atoms with Gasteiger partial charge in [0, 0.05) is 33.2 Å². The topological polar surface area (TPSA) is 44.8 Å². The van der Waals surface area contributed by atoms with Crippen LogP contribution >= 0.6 is 0 Å². The van der Waals surface area contributed by atoms with Gasteiger partial charge in [-0.15, -0.1) is 0 Å². The van der Waals surface area contributed by atoms with E-state index in [2.05, 4.69) is 10.2 Å². The molecule has 1 aliphatic heterocycles. The summed E-state index contributed by atoms with van der Waals surface area (Å²) in [5, 5.41) is 3.00. The van der Waals surface area contributed by atoms with Crippen LogP contribution in [0.5, 0.6) is 0 Å². The van der Waals surface area contributed by atoms with Crippen molar-refractivity contribution in [1.82, 2.24) is 15.1 Å². The van der Waals surface area contributed by atoms with Gasteiger partial charge >= 0.3 is 6.09 Å². The summed E-state index contributed by atoms with van der Waals surface area (Å²) in [5.74, 6) is 0. The molecule has 0 radical (unpaired) electrons. The summed E-state index contributed by atoms with van der Waals surface area (Å²) in [5.41, 5.74) is 0. The number of hydrogen-bond acceptors (Lipinski definition) is 4. The lowest BCUT2D eigenvalue weighted by atomic mass is 10.1. The fourth-order valence-corrected chi connectivity index (χ4v) is 1.72.